The largest absolute Gasteiger partial charge is 0.381 e. The Balaban J connectivity index is 1.91. The summed E-state index contributed by atoms with van der Waals surface area (Å²) in [5.41, 5.74) is 6.44. The number of hydrogen-bond donors (Lipinski definition) is 1. The molecule has 2 aliphatic heterocycles. The molecule has 2 aliphatic rings. The highest BCUT2D eigenvalue weighted by molar-refractivity contribution is 9.10. The van der Waals surface area contributed by atoms with E-state index in [-0.39, 0.29) is 5.91 Å². The molecule has 0 saturated carbocycles. The molecule has 2 fully saturated rings. The Morgan fingerprint density at radius 1 is 1.41 bits per heavy atom. The van der Waals surface area contributed by atoms with E-state index >= 15 is 0 Å². The van der Waals surface area contributed by atoms with Gasteiger partial charge >= 0.3 is 0 Å². The summed E-state index contributed by atoms with van der Waals surface area (Å²) in [6.07, 6.45) is 2.53. The number of carbonyl (C=O) groups is 1. The van der Waals surface area contributed by atoms with Gasteiger partial charge in [-0.25, -0.2) is 0 Å². The highest BCUT2D eigenvalue weighted by Crippen LogP contribution is 2.38. The summed E-state index contributed by atoms with van der Waals surface area (Å²) < 4.78 is 6.55. The minimum absolute atomic E-state index is 0.254. The minimum atomic E-state index is -0.439. The Labute approximate surface area is 140 Å². The summed E-state index contributed by atoms with van der Waals surface area (Å²) in [4.78, 5) is 15.3. The summed E-state index contributed by atoms with van der Waals surface area (Å²) in [7, 11) is 0. The van der Waals surface area contributed by atoms with Crippen molar-refractivity contribution in [3.63, 3.8) is 0 Å². The predicted octanol–water partition coefficient (Wildman–Crippen LogP) is 2.30. The molecule has 5 heteroatoms. The maximum atomic E-state index is 13.3. The van der Waals surface area contributed by atoms with Crippen molar-refractivity contribution in [2.75, 3.05) is 32.8 Å². The lowest BCUT2D eigenvalue weighted by Crippen LogP contribution is -2.49. The average molecular weight is 367 g/mol. The normalized spacial score (nSPS) is 24.5. The third kappa shape index (κ3) is 2.94. The van der Waals surface area contributed by atoms with Crippen molar-refractivity contribution in [2.24, 2.45) is 11.7 Å². The van der Waals surface area contributed by atoms with Crippen LogP contribution in [0.4, 0.5) is 0 Å². The molecule has 1 atom stereocenters. The van der Waals surface area contributed by atoms with Gasteiger partial charge in [0, 0.05) is 30.8 Å². The van der Waals surface area contributed by atoms with Gasteiger partial charge in [0.25, 0.3) is 0 Å². The maximum Gasteiger partial charge on any atom is 0.233 e. The summed E-state index contributed by atoms with van der Waals surface area (Å²) in [6, 6.07) is 8.17. The fourth-order valence-corrected chi connectivity index (χ4v) is 4.04. The van der Waals surface area contributed by atoms with Crippen molar-refractivity contribution in [3.05, 3.63) is 34.3 Å². The second kappa shape index (κ2) is 6.69. The molecule has 2 N–H and O–H groups in total. The van der Waals surface area contributed by atoms with Crippen LogP contribution in [-0.4, -0.2) is 43.7 Å². The van der Waals surface area contributed by atoms with E-state index in [2.05, 4.69) is 28.1 Å². The van der Waals surface area contributed by atoms with E-state index < -0.39 is 5.41 Å². The van der Waals surface area contributed by atoms with E-state index in [9.17, 15) is 4.79 Å². The van der Waals surface area contributed by atoms with Gasteiger partial charge < -0.3 is 15.4 Å². The minimum Gasteiger partial charge on any atom is -0.381 e. The lowest BCUT2D eigenvalue weighted by molar-refractivity contribution is -0.140. The van der Waals surface area contributed by atoms with Crippen molar-refractivity contribution < 1.29 is 9.53 Å². The fraction of sp³-hybridized carbons (Fsp3) is 0.588. The van der Waals surface area contributed by atoms with E-state index in [1.54, 1.807) is 0 Å². The summed E-state index contributed by atoms with van der Waals surface area (Å²) >= 11 is 3.53. The number of nitrogens with zero attached hydrogens (tertiary/aromatic N) is 1. The van der Waals surface area contributed by atoms with Crippen LogP contribution in [-0.2, 0) is 14.9 Å². The summed E-state index contributed by atoms with van der Waals surface area (Å²) in [5, 5.41) is 0. The molecule has 0 aromatic heterocycles. The first-order valence-corrected chi connectivity index (χ1v) is 8.78. The van der Waals surface area contributed by atoms with E-state index in [4.69, 9.17) is 10.5 Å². The molecule has 1 amide bonds. The van der Waals surface area contributed by atoms with Gasteiger partial charge in [-0.3, -0.25) is 4.79 Å². The van der Waals surface area contributed by atoms with Gasteiger partial charge in [0.1, 0.15) is 0 Å². The Morgan fingerprint density at radius 3 is 2.82 bits per heavy atom. The zero-order chi connectivity index (χ0) is 15.6. The summed E-state index contributed by atoms with van der Waals surface area (Å²) in [5.74, 6) is 0.702. The number of rotatable bonds is 3. The van der Waals surface area contributed by atoms with Crippen LogP contribution in [0.25, 0.3) is 0 Å². The van der Waals surface area contributed by atoms with E-state index in [0.717, 1.165) is 42.4 Å². The zero-order valence-corrected chi connectivity index (χ0v) is 14.3. The Bertz CT molecular complexity index is 543. The number of amides is 1. The molecule has 0 spiro atoms. The van der Waals surface area contributed by atoms with Crippen LogP contribution in [0, 0.1) is 5.92 Å². The molecule has 1 unspecified atom stereocenters. The first kappa shape index (κ1) is 16.0. The third-order valence-corrected chi connectivity index (χ3v) is 5.53. The lowest BCUT2D eigenvalue weighted by atomic mass is 9.73. The highest BCUT2D eigenvalue weighted by atomic mass is 79.9. The molecule has 1 aromatic rings. The van der Waals surface area contributed by atoms with Crippen molar-refractivity contribution in [2.45, 2.75) is 24.7 Å². The lowest BCUT2D eigenvalue weighted by Gasteiger charge is -2.39. The second-order valence-electron chi connectivity index (χ2n) is 6.35. The summed E-state index contributed by atoms with van der Waals surface area (Å²) in [6.45, 7) is 3.58. The Morgan fingerprint density at radius 2 is 2.18 bits per heavy atom. The zero-order valence-electron chi connectivity index (χ0n) is 12.8. The molecule has 0 radical (unpaired) electrons. The van der Waals surface area contributed by atoms with Gasteiger partial charge in [0.2, 0.25) is 5.91 Å². The predicted molar refractivity (Wildman–Crippen MR) is 89.6 cm³/mol. The van der Waals surface area contributed by atoms with Gasteiger partial charge in [-0.15, -0.1) is 0 Å². The van der Waals surface area contributed by atoms with E-state index in [0.29, 0.717) is 25.7 Å². The molecule has 1 aromatic carbocycles. The van der Waals surface area contributed by atoms with Crippen LogP contribution < -0.4 is 5.73 Å². The van der Waals surface area contributed by atoms with E-state index in [1.807, 2.05) is 17.0 Å². The monoisotopic (exact) mass is 366 g/mol. The molecule has 3 rings (SSSR count). The van der Waals surface area contributed by atoms with E-state index in [1.165, 1.54) is 0 Å². The quantitative estimate of drug-likeness (QED) is 0.892. The molecule has 22 heavy (non-hydrogen) atoms. The van der Waals surface area contributed by atoms with Gasteiger partial charge in [-0.05, 0) is 49.4 Å². The molecule has 2 heterocycles. The SMILES string of the molecule is NCC1CCN(C(=O)C2(c3cccc(Br)c3)CCOCC2)C1. The van der Waals surface area contributed by atoms with Crippen molar-refractivity contribution >= 4 is 21.8 Å². The molecule has 0 bridgehead atoms. The van der Waals surface area contributed by atoms with Gasteiger partial charge in [-0.1, -0.05) is 28.1 Å². The molecular weight excluding hydrogens is 344 g/mol. The van der Waals surface area contributed by atoms with Crippen LogP contribution in [0.1, 0.15) is 24.8 Å². The van der Waals surface area contributed by atoms with Crippen LogP contribution in [0.5, 0.6) is 0 Å². The molecule has 2 saturated heterocycles. The standard InChI is InChI=1S/C17H23BrN2O2/c18-15-3-1-2-14(10-15)17(5-8-22-9-6-17)16(21)20-7-4-13(11-19)12-20/h1-3,10,13H,4-9,11-12,19H2. The van der Waals surface area contributed by atoms with Crippen LogP contribution in [0.2, 0.25) is 0 Å². The third-order valence-electron chi connectivity index (χ3n) is 5.04. The molecular formula is C17H23BrN2O2. The molecule has 4 nitrogen and oxygen atoms in total. The molecule has 0 aliphatic carbocycles. The number of ether oxygens (including phenoxy) is 1. The average Bonchev–Trinajstić information content (AvgIpc) is 3.04. The Kier molecular flexibility index (Phi) is 4.85. The first-order chi connectivity index (χ1) is 10.7. The smallest absolute Gasteiger partial charge is 0.233 e. The number of carbonyl (C=O) groups excluding carboxylic acids is 1. The maximum absolute atomic E-state index is 13.3. The van der Waals surface area contributed by atoms with Gasteiger partial charge in [0.05, 0.1) is 5.41 Å². The fourth-order valence-electron chi connectivity index (χ4n) is 3.64. The van der Waals surface area contributed by atoms with Crippen molar-refractivity contribution in [1.29, 1.82) is 0 Å². The highest BCUT2D eigenvalue weighted by Gasteiger charge is 2.45. The van der Waals surface area contributed by atoms with Gasteiger partial charge in [0.15, 0.2) is 0 Å². The molecule has 120 valence electrons. The van der Waals surface area contributed by atoms with Crippen LogP contribution in [0.15, 0.2) is 28.7 Å². The van der Waals surface area contributed by atoms with Gasteiger partial charge in [-0.2, -0.15) is 0 Å². The number of nitrogens with two attached hydrogens (primary N) is 1. The topological polar surface area (TPSA) is 55.6 Å². The number of halogens is 1. The van der Waals surface area contributed by atoms with Crippen LogP contribution in [0.3, 0.4) is 0 Å². The second-order valence-corrected chi connectivity index (χ2v) is 7.26. The number of benzene rings is 1. The first-order valence-electron chi connectivity index (χ1n) is 7.99. The van der Waals surface area contributed by atoms with Crippen molar-refractivity contribution in [3.8, 4) is 0 Å². The van der Waals surface area contributed by atoms with Crippen LogP contribution >= 0.6 is 15.9 Å². The number of hydrogen-bond acceptors (Lipinski definition) is 3. The van der Waals surface area contributed by atoms with Crippen molar-refractivity contribution in [1.82, 2.24) is 4.90 Å². The number of likely N-dealkylation sites (tertiary alicyclic amines) is 1. The Hall–Kier alpha value is -0.910.